The molecule has 15 heavy (non-hydrogen) atoms. The highest BCUT2D eigenvalue weighted by Crippen LogP contribution is 2.14. The minimum absolute atomic E-state index is 0.0136. The van der Waals surface area contributed by atoms with Gasteiger partial charge in [0.1, 0.15) is 5.69 Å². The summed E-state index contributed by atoms with van der Waals surface area (Å²) in [5, 5.41) is 8.60. The third-order valence-electron chi connectivity index (χ3n) is 1.93. The Morgan fingerprint density at radius 3 is 2.93 bits per heavy atom. The molecular weight excluding hydrogens is 194 g/mol. The maximum Gasteiger partial charge on any atom is 0.309 e. The minimum atomic E-state index is -0.859. The van der Waals surface area contributed by atoms with Crippen molar-refractivity contribution < 1.29 is 9.90 Å². The van der Waals surface area contributed by atoms with Crippen molar-refractivity contribution >= 4 is 5.97 Å². The Labute approximate surface area is 85.8 Å². The number of H-pyrrole nitrogens is 1. The van der Waals surface area contributed by atoms with Crippen LogP contribution in [0.15, 0.2) is 30.7 Å². The van der Waals surface area contributed by atoms with Crippen molar-refractivity contribution in [3.8, 4) is 11.4 Å². The molecule has 0 unspecified atom stereocenters. The molecule has 0 bridgehead atoms. The molecular formula is C10H9N3O2. The first-order valence-electron chi connectivity index (χ1n) is 4.42. The van der Waals surface area contributed by atoms with Gasteiger partial charge in [-0.05, 0) is 12.1 Å². The average Bonchev–Trinajstić information content (AvgIpc) is 2.67. The summed E-state index contributed by atoms with van der Waals surface area (Å²) in [6.45, 7) is 0. The van der Waals surface area contributed by atoms with E-state index >= 15 is 0 Å². The predicted molar refractivity (Wildman–Crippen MR) is 53.2 cm³/mol. The van der Waals surface area contributed by atoms with Gasteiger partial charge in [-0.15, -0.1) is 0 Å². The number of carbonyl (C=O) groups is 1. The molecule has 2 N–H and O–H groups in total. The van der Waals surface area contributed by atoms with E-state index in [0.29, 0.717) is 11.4 Å². The van der Waals surface area contributed by atoms with Gasteiger partial charge in [-0.2, -0.15) is 0 Å². The monoisotopic (exact) mass is 203 g/mol. The Balaban J connectivity index is 2.24. The van der Waals surface area contributed by atoms with E-state index in [-0.39, 0.29) is 6.42 Å². The number of carboxylic acid groups (broad SMARTS) is 1. The van der Waals surface area contributed by atoms with Crippen molar-refractivity contribution in [1.29, 1.82) is 0 Å². The summed E-state index contributed by atoms with van der Waals surface area (Å²) in [5.74, 6) is -0.859. The molecule has 0 amide bonds. The van der Waals surface area contributed by atoms with Crippen LogP contribution in [-0.4, -0.2) is 26.0 Å². The van der Waals surface area contributed by atoms with E-state index < -0.39 is 5.97 Å². The molecule has 0 aliphatic carbocycles. The van der Waals surface area contributed by atoms with Crippen LogP contribution in [0, 0.1) is 0 Å². The number of aliphatic carboxylic acids is 1. The number of carboxylic acids is 1. The quantitative estimate of drug-likeness (QED) is 0.782. The van der Waals surface area contributed by atoms with Crippen LogP contribution in [0.25, 0.3) is 11.4 Å². The van der Waals surface area contributed by atoms with Crippen LogP contribution < -0.4 is 0 Å². The highest BCUT2D eigenvalue weighted by molar-refractivity contribution is 5.70. The van der Waals surface area contributed by atoms with Gasteiger partial charge in [0.2, 0.25) is 0 Å². The largest absolute Gasteiger partial charge is 0.481 e. The van der Waals surface area contributed by atoms with Gasteiger partial charge in [-0.25, -0.2) is 0 Å². The third-order valence-corrected chi connectivity index (χ3v) is 1.93. The summed E-state index contributed by atoms with van der Waals surface area (Å²) in [6, 6.07) is 3.53. The Morgan fingerprint density at radius 1 is 1.40 bits per heavy atom. The minimum Gasteiger partial charge on any atom is -0.481 e. The van der Waals surface area contributed by atoms with E-state index in [1.165, 1.54) is 0 Å². The van der Waals surface area contributed by atoms with Crippen molar-refractivity contribution in [2.45, 2.75) is 6.42 Å². The lowest BCUT2D eigenvalue weighted by Gasteiger charge is -1.95. The first kappa shape index (κ1) is 9.39. The SMILES string of the molecule is O=C(O)Cc1ccc(-c2cnccn2)[nH]1. The van der Waals surface area contributed by atoms with Crippen molar-refractivity contribution in [3.05, 3.63) is 36.4 Å². The van der Waals surface area contributed by atoms with Crippen molar-refractivity contribution in [1.82, 2.24) is 15.0 Å². The van der Waals surface area contributed by atoms with E-state index in [4.69, 9.17) is 5.11 Å². The van der Waals surface area contributed by atoms with Crippen LogP contribution in [0.5, 0.6) is 0 Å². The van der Waals surface area contributed by atoms with Crippen LogP contribution in [0.2, 0.25) is 0 Å². The van der Waals surface area contributed by atoms with E-state index in [1.807, 2.05) is 0 Å². The van der Waals surface area contributed by atoms with E-state index in [2.05, 4.69) is 15.0 Å². The molecule has 0 fully saturated rings. The summed E-state index contributed by atoms with van der Waals surface area (Å²) in [4.78, 5) is 21.5. The molecule has 2 rings (SSSR count). The molecule has 0 saturated heterocycles. The smallest absolute Gasteiger partial charge is 0.309 e. The number of aromatic nitrogens is 3. The van der Waals surface area contributed by atoms with Gasteiger partial charge in [-0.3, -0.25) is 14.8 Å². The lowest BCUT2D eigenvalue weighted by molar-refractivity contribution is -0.136. The van der Waals surface area contributed by atoms with Crippen LogP contribution in [0.1, 0.15) is 5.69 Å². The molecule has 5 nitrogen and oxygen atoms in total. The zero-order valence-electron chi connectivity index (χ0n) is 7.84. The third kappa shape index (κ3) is 2.19. The fraction of sp³-hybridized carbons (Fsp3) is 0.100. The first-order valence-corrected chi connectivity index (χ1v) is 4.42. The summed E-state index contributed by atoms with van der Waals surface area (Å²) in [5.41, 5.74) is 2.14. The highest BCUT2D eigenvalue weighted by atomic mass is 16.4. The van der Waals surface area contributed by atoms with Crippen LogP contribution in [-0.2, 0) is 11.2 Å². The van der Waals surface area contributed by atoms with Gasteiger partial charge in [-0.1, -0.05) is 0 Å². The first-order chi connectivity index (χ1) is 7.25. The Bertz CT molecular complexity index is 465. The van der Waals surface area contributed by atoms with Crippen LogP contribution >= 0.6 is 0 Å². The number of nitrogens with zero attached hydrogens (tertiary/aromatic N) is 2. The molecule has 2 aromatic heterocycles. The lowest BCUT2D eigenvalue weighted by atomic mass is 10.3. The van der Waals surface area contributed by atoms with Gasteiger partial charge in [0, 0.05) is 18.1 Å². The fourth-order valence-corrected chi connectivity index (χ4v) is 1.29. The Kier molecular flexibility index (Phi) is 2.45. The summed E-state index contributed by atoms with van der Waals surface area (Å²) in [7, 11) is 0. The second-order valence-electron chi connectivity index (χ2n) is 3.06. The molecule has 2 aromatic rings. The van der Waals surface area contributed by atoms with E-state index in [9.17, 15) is 4.79 Å². The predicted octanol–water partition coefficient (Wildman–Crippen LogP) is 1.10. The van der Waals surface area contributed by atoms with E-state index in [0.717, 1.165) is 5.69 Å². The molecule has 0 aliphatic rings. The number of rotatable bonds is 3. The van der Waals surface area contributed by atoms with Gasteiger partial charge in [0.15, 0.2) is 0 Å². The molecule has 2 heterocycles. The molecule has 76 valence electrons. The molecule has 0 aromatic carbocycles. The standard InChI is InChI=1S/C10H9N3O2/c14-10(15)5-7-1-2-8(13-7)9-6-11-3-4-12-9/h1-4,6,13H,5H2,(H,14,15). The topological polar surface area (TPSA) is 78.9 Å². The molecule has 0 atom stereocenters. The average molecular weight is 203 g/mol. The van der Waals surface area contributed by atoms with Gasteiger partial charge >= 0.3 is 5.97 Å². The van der Waals surface area contributed by atoms with Crippen molar-refractivity contribution in [3.63, 3.8) is 0 Å². The van der Waals surface area contributed by atoms with Gasteiger partial charge < -0.3 is 10.1 Å². The molecule has 0 spiro atoms. The number of hydrogen-bond donors (Lipinski definition) is 2. The molecule has 0 radical (unpaired) electrons. The second kappa shape index (κ2) is 3.91. The normalized spacial score (nSPS) is 10.1. The van der Waals surface area contributed by atoms with Crippen molar-refractivity contribution in [2.75, 3.05) is 0 Å². The zero-order valence-corrected chi connectivity index (χ0v) is 7.84. The molecule has 0 saturated carbocycles. The Morgan fingerprint density at radius 2 is 2.27 bits per heavy atom. The second-order valence-corrected chi connectivity index (χ2v) is 3.06. The van der Waals surface area contributed by atoms with Crippen LogP contribution in [0.3, 0.4) is 0 Å². The number of hydrogen-bond acceptors (Lipinski definition) is 3. The summed E-state index contributed by atoms with van der Waals surface area (Å²) in [6.07, 6.45) is 4.79. The summed E-state index contributed by atoms with van der Waals surface area (Å²) < 4.78 is 0. The summed E-state index contributed by atoms with van der Waals surface area (Å²) >= 11 is 0. The van der Waals surface area contributed by atoms with Crippen molar-refractivity contribution in [2.24, 2.45) is 0 Å². The Hall–Kier alpha value is -2.17. The number of aromatic amines is 1. The fourth-order valence-electron chi connectivity index (χ4n) is 1.29. The zero-order chi connectivity index (χ0) is 10.7. The van der Waals surface area contributed by atoms with Gasteiger partial charge in [0.05, 0.1) is 18.3 Å². The molecule has 0 aliphatic heterocycles. The van der Waals surface area contributed by atoms with E-state index in [1.54, 1.807) is 30.7 Å². The highest BCUT2D eigenvalue weighted by Gasteiger charge is 2.05. The number of nitrogens with one attached hydrogen (secondary N) is 1. The maximum atomic E-state index is 10.5. The van der Waals surface area contributed by atoms with Gasteiger partial charge in [0.25, 0.3) is 0 Å². The maximum absolute atomic E-state index is 10.5. The van der Waals surface area contributed by atoms with Crippen LogP contribution in [0.4, 0.5) is 0 Å². The lowest BCUT2D eigenvalue weighted by Crippen LogP contribution is -1.99. The molecule has 5 heteroatoms.